The van der Waals surface area contributed by atoms with E-state index in [1.165, 1.54) is 16.8 Å². The molecule has 0 bridgehead atoms. The molecule has 5 heteroatoms. The molecule has 0 aliphatic heterocycles. The van der Waals surface area contributed by atoms with Crippen molar-refractivity contribution in [2.75, 3.05) is 0 Å². The second kappa shape index (κ2) is 5.35. The minimum Gasteiger partial charge on any atom is -0.308 e. The van der Waals surface area contributed by atoms with E-state index in [0.717, 1.165) is 18.8 Å². The number of hydrogen-bond donors (Lipinski definition) is 2. The van der Waals surface area contributed by atoms with Gasteiger partial charge < -0.3 is 5.32 Å². The number of nitrogens with one attached hydrogen (secondary N) is 2. The lowest BCUT2D eigenvalue weighted by atomic mass is 10.1. The number of aryl methyl sites for hydroxylation is 2. The number of nitrogens with zero attached hydrogens (tertiary/aromatic N) is 3. The first-order valence-corrected chi connectivity index (χ1v) is 6.30. The van der Waals surface area contributed by atoms with Crippen molar-refractivity contribution >= 4 is 0 Å². The SMILES string of the molecule is Cc1[nH]ncc1CNCc1cn(C)nc1C(C)C. The van der Waals surface area contributed by atoms with Gasteiger partial charge in [0, 0.05) is 43.2 Å². The maximum absolute atomic E-state index is 4.50. The van der Waals surface area contributed by atoms with E-state index in [4.69, 9.17) is 0 Å². The van der Waals surface area contributed by atoms with Crippen molar-refractivity contribution in [3.05, 3.63) is 34.9 Å². The van der Waals surface area contributed by atoms with Gasteiger partial charge in [-0.15, -0.1) is 0 Å². The van der Waals surface area contributed by atoms with Gasteiger partial charge in [-0.05, 0) is 12.8 Å². The summed E-state index contributed by atoms with van der Waals surface area (Å²) in [5.74, 6) is 0.457. The molecule has 2 aromatic heterocycles. The third kappa shape index (κ3) is 2.79. The summed E-state index contributed by atoms with van der Waals surface area (Å²) < 4.78 is 1.88. The van der Waals surface area contributed by atoms with Crippen molar-refractivity contribution in [3.8, 4) is 0 Å². The normalized spacial score (nSPS) is 11.4. The van der Waals surface area contributed by atoms with Crippen LogP contribution in [0.2, 0.25) is 0 Å². The summed E-state index contributed by atoms with van der Waals surface area (Å²) in [6.45, 7) is 8.05. The zero-order valence-corrected chi connectivity index (χ0v) is 11.5. The van der Waals surface area contributed by atoms with Crippen molar-refractivity contribution in [1.82, 2.24) is 25.3 Å². The van der Waals surface area contributed by atoms with Crippen LogP contribution in [0.15, 0.2) is 12.4 Å². The van der Waals surface area contributed by atoms with Crippen LogP contribution in [0.1, 0.15) is 42.3 Å². The molecule has 0 aliphatic carbocycles. The van der Waals surface area contributed by atoms with Gasteiger partial charge in [-0.25, -0.2) is 0 Å². The van der Waals surface area contributed by atoms with Crippen molar-refractivity contribution < 1.29 is 0 Å². The number of aromatic nitrogens is 4. The standard InChI is InChI=1S/C13H21N5/c1-9(2)13-12(8-18(4)17-13)6-14-5-11-7-15-16-10(11)3/h7-9,14H,5-6H2,1-4H3,(H,15,16). The molecule has 0 aliphatic rings. The van der Waals surface area contributed by atoms with E-state index in [-0.39, 0.29) is 0 Å². The first kappa shape index (κ1) is 12.8. The molecule has 0 aromatic carbocycles. The van der Waals surface area contributed by atoms with Gasteiger partial charge in [0.1, 0.15) is 0 Å². The fourth-order valence-corrected chi connectivity index (χ4v) is 2.06. The van der Waals surface area contributed by atoms with E-state index in [2.05, 4.69) is 40.7 Å². The van der Waals surface area contributed by atoms with Crippen molar-refractivity contribution in [3.63, 3.8) is 0 Å². The summed E-state index contributed by atoms with van der Waals surface area (Å²) in [5.41, 5.74) is 4.78. The summed E-state index contributed by atoms with van der Waals surface area (Å²) in [4.78, 5) is 0. The number of H-pyrrole nitrogens is 1. The first-order chi connectivity index (χ1) is 8.58. The molecule has 0 fully saturated rings. The second-order valence-corrected chi connectivity index (χ2v) is 4.99. The highest BCUT2D eigenvalue weighted by Gasteiger charge is 2.11. The number of hydrogen-bond acceptors (Lipinski definition) is 3. The second-order valence-electron chi connectivity index (χ2n) is 4.99. The monoisotopic (exact) mass is 247 g/mol. The fourth-order valence-electron chi connectivity index (χ4n) is 2.06. The third-order valence-electron chi connectivity index (χ3n) is 3.05. The Bertz CT molecular complexity index is 509. The Balaban J connectivity index is 1.96. The van der Waals surface area contributed by atoms with Crippen molar-refractivity contribution in [2.45, 2.75) is 39.8 Å². The molecule has 98 valence electrons. The Morgan fingerprint density at radius 3 is 2.67 bits per heavy atom. The quantitative estimate of drug-likeness (QED) is 0.848. The highest BCUT2D eigenvalue weighted by Crippen LogP contribution is 2.17. The molecule has 2 heterocycles. The fraction of sp³-hybridized carbons (Fsp3) is 0.538. The summed E-state index contributed by atoms with van der Waals surface area (Å²) in [6.07, 6.45) is 3.96. The highest BCUT2D eigenvalue weighted by atomic mass is 15.3. The Morgan fingerprint density at radius 2 is 2.06 bits per heavy atom. The van der Waals surface area contributed by atoms with Gasteiger partial charge in [0.25, 0.3) is 0 Å². The molecule has 0 atom stereocenters. The molecule has 2 rings (SSSR count). The van der Waals surface area contributed by atoms with Crippen molar-refractivity contribution in [1.29, 1.82) is 0 Å². The molecular formula is C13H21N5. The summed E-state index contributed by atoms with van der Waals surface area (Å²) in [5, 5.41) is 14.9. The topological polar surface area (TPSA) is 58.5 Å². The van der Waals surface area contributed by atoms with Gasteiger partial charge in [0.2, 0.25) is 0 Å². The van der Waals surface area contributed by atoms with E-state index in [1.807, 2.05) is 24.9 Å². The minimum atomic E-state index is 0.457. The largest absolute Gasteiger partial charge is 0.308 e. The van der Waals surface area contributed by atoms with E-state index in [1.54, 1.807) is 0 Å². The predicted molar refractivity (Wildman–Crippen MR) is 71.2 cm³/mol. The first-order valence-electron chi connectivity index (χ1n) is 6.30. The van der Waals surface area contributed by atoms with Crippen molar-refractivity contribution in [2.24, 2.45) is 7.05 Å². The molecule has 2 aromatic rings. The van der Waals surface area contributed by atoms with Crippen LogP contribution in [0.4, 0.5) is 0 Å². The zero-order chi connectivity index (χ0) is 13.1. The van der Waals surface area contributed by atoms with Crippen LogP contribution in [-0.4, -0.2) is 20.0 Å². The van der Waals surface area contributed by atoms with Crippen LogP contribution < -0.4 is 5.32 Å². The molecule has 0 saturated carbocycles. The van der Waals surface area contributed by atoms with Crippen LogP contribution in [0, 0.1) is 6.92 Å². The summed E-state index contributed by atoms with van der Waals surface area (Å²) in [7, 11) is 1.97. The lowest BCUT2D eigenvalue weighted by Crippen LogP contribution is -2.14. The predicted octanol–water partition coefficient (Wildman–Crippen LogP) is 1.86. The third-order valence-corrected chi connectivity index (χ3v) is 3.05. The summed E-state index contributed by atoms with van der Waals surface area (Å²) >= 11 is 0. The summed E-state index contributed by atoms with van der Waals surface area (Å²) in [6, 6.07) is 0. The van der Waals surface area contributed by atoms with Gasteiger partial charge in [-0.1, -0.05) is 13.8 Å². The average molecular weight is 247 g/mol. The molecule has 0 saturated heterocycles. The lowest BCUT2D eigenvalue weighted by molar-refractivity contribution is 0.676. The van der Waals surface area contributed by atoms with Crippen LogP contribution in [-0.2, 0) is 20.1 Å². The Labute approximate surface area is 108 Å². The van der Waals surface area contributed by atoms with Crippen LogP contribution >= 0.6 is 0 Å². The minimum absolute atomic E-state index is 0.457. The number of aromatic amines is 1. The molecule has 0 amide bonds. The highest BCUT2D eigenvalue weighted by molar-refractivity contribution is 5.20. The molecule has 0 radical (unpaired) electrons. The molecule has 2 N–H and O–H groups in total. The van der Waals surface area contributed by atoms with E-state index < -0.39 is 0 Å². The van der Waals surface area contributed by atoms with Gasteiger partial charge in [0.15, 0.2) is 0 Å². The Hall–Kier alpha value is -1.62. The van der Waals surface area contributed by atoms with Crippen LogP contribution in [0.3, 0.4) is 0 Å². The van der Waals surface area contributed by atoms with Gasteiger partial charge in [-0.3, -0.25) is 9.78 Å². The van der Waals surface area contributed by atoms with E-state index >= 15 is 0 Å². The maximum Gasteiger partial charge on any atom is 0.0694 e. The molecule has 0 unspecified atom stereocenters. The molecule has 0 spiro atoms. The molecule has 5 nitrogen and oxygen atoms in total. The molecule has 18 heavy (non-hydrogen) atoms. The lowest BCUT2D eigenvalue weighted by Gasteiger charge is -2.06. The maximum atomic E-state index is 4.50. The molecular weight excluding hydrogens is 226 g/mol. The zero-order valence-electron chi connectivity index (χ0n) is 11.5. The van der Waals surface area contributed by atoms with E-state index in [9.17, 15) is 0 Å². The average Bonchev–Trinajstić information content (AvgIpc) is 2.86. The van der Waals surface area contributed by atoms with Gasteiger partial charge in [-0.2, -0.15) is 10.2 Å². The van der Waals surface area contributed by atoms with E-state index in [0.29, 0.717) is 5.92 Å². The smallest absolute Gasteiger partial charge is 0.0694 e. The van der Waals surface area contributed by atoms with Gasteiger partial charge >= 0.3 is 0 Å². The number of rotatable bonds is 5. The van der Waals surface area contributed by atoms with Gasteiger partial charge in [0.05, 0.1) is 11.9 Å². The Morgan fingerprint density at radius 1 is 1.33 bits per heavy atom. The van der Waals surface area contributed by atoms with Crippen LogP contribution in [0.5, 0.6) is 0 Å². The van der Waals surface area contributed by atoms with Crippen LogP contribution in [0.25, 0.3) is 0 Å². The Kier molecular flexibility index (Phi) is 3.81.